The molecule has 0 aromatic heterocycles. The van der Waals surface area contributed by atoms with Gasteiger partial charge in [0.25, 0.3) is 0 Å². The van der Waals surface area contributed by atoms with Crippen LogP contribution in [0, 0.1) is 24.5 Å². The molecule has 23 heavy (non-hydrogen) atoms. The van der Waals surface area contributed by atoms with Crippen LogP contribution in [0.2, 0.25) is 6.04 Å². The van der Waals surface area contributed by atoms with Crippen molar-refractivity contribution in [2.45, 2.75) is 44.6 Å². The van der Waals surface area contributed by atoms with Gasteiger partial charge in [0, 0.05) is 15.8 Å². The van der Waals surface area contributed by atoms with E-state index in [1.807, 2.05) is 12.1 Å². The predicted molar refractivity (Wildman–Crippen MR) is 96.0 cm³/mol. The average Bonchev–Trinajstić information content (AvgIpc) is 2.59. The molecule has 1 aliphatic rings. The van der Waals surface area contributed by atoms with Crippen LogP contribution in [-0.4, -0.2) is 10.2 Å². The van der Waals surface area contributed by atoms with Crippen LogP contribution in [0.15, 0.2) is 36.4 Å². The lowest BCUT2D eigenvalue weighted by Gasteiger charge is -2.28. The fraction of sp³-hybridized carbons (Fsp3) is 0.400. The van der Waals surface area contributed by atoms with Crippen molar-refractivity contribution < 1.29 is 8.78 Å². The Labute approximate surface area is 140 Å². The molecule has 0 amide bonds. The summed E-state index contributed by atoms with van der Waals surface area (Å²) >= 11 is 0. The molecule has 1 saturated carbocycles. The van der Waals surface area contributed by atoms with Crippen LogP contribution in [0.3, 0.4) is 0 Å². The van der Waals surface area contributed by atoms with Crippen molar-refractivity contribution in [1.82, 2.24) is 0 Å². The van der Waals surface area contributed by atoms with Gasteiger partial charge in [0.05, 0.1) is 0 Å². The second kappa shape index (κ2) is 6.96. The van der Waals surface area contributed by atoms with Crippen molar-refractivity contribution in [2.24, 2.45) is 5.92 Å². The molecule has 122 valence electrons. The number of hydrogen-bond donors (Lipinski definition) is 0. The van der Waals surface area contributed by atoms with E-state index >= 15 is 0 Å². The normalized spacial score (nSPS) is 21.5. The Hall–Kier alpha value is -1.48. The molecule has 3 heteroatoms. The summed E-state index contributed by atoms with van der Waals surface area (Å²) in [5.74, 6) is 0.645. The average molecular weight is 330 g/mol. The molecular weight excluding hydrogens is 306 g/mol. The van der Waals surface area contributed by atoms with E-state index in [9.17, 15) is 8.78 Å². The molecule has 0 unspecified atom stereocenters. The first-order valence-corrected chi connectivity index (χ1v) is 10.1. The quantitative estimate of drug-likeness (QED) is 0.695. The number of halogens is 2. The van der Waals surface area contributed by atoms with Crippen molar-refractivity contribution in [3.63, 3.8) is 0 Å². The third-order valence-electron chi connectivity index (χ3n) is 5.42. The summed E-state index contributed by atoms with van der Waals surface area (Å²) in [6, 6.07) is 12.5. The molecule has 0 spiro atoms. The molecule has 0 aliphatic heterocycles. The van der Waals surface area contributed by atoms with Gasteiger partial charge < -0.3 is 0 Å². The van der Waals surface area contributed by atoms with Crippen LogP contribution < -0.4 is 0 Å². The molecular formula is C20H24F2Si. The van der Waals surface area contributed by atoms with Crippen LogP contribution >= 0.6 is 0 Å². The largest absolute Gasteiger partial charge is 0.207 e. The molecule has 0 nitrogen and oxygen atoms in total. The lowest BCUT2D eigenvalue weighted by Crippen LogP contribution is -2.12. The molecule has 1 fully saturated rings. The second-order valence-electron chi connectivity index (χ2n) is 6.81. The number of benzene rings is 2. The number of hydrogen-bond acceptors (Lipinski definition) is 0. The highest BCUT2D eigenvalue weighted by Gasteiger charge is 2.21. The van der Waals surface area contributed by atoms with Gasteiger partial charge in [0.2, 0.25) is 0 Å². The van der Waals surface area contributed by atoms with E-state index in [-0.39, 0.29) is 5.56 Å². The van der Waals surface area contributed by atoms with E-state index in [0.29, 0.717) is 11.5 Å². The third kappa shape index (κ3) is 3.55. The first-order chi connectivity index (χ1) is 11.1. The monoisotopic (exact) mass is 330 g/mol. The summed E-state index contributed by atoms with van der Waals surface area (Å²) in [6.07, 6.45) is 5.26. The van der Waals surface area contributed by atoms with Gasteiger partial charge in [-0.1, -0.05) is 43.2 Å². The van der Waals surface area contributed by atoms with Crippen LogP contribution in [0.25, 0.3) is 11.1 Å². The van der Waals surface area contributed by atoms with Crippen molar-refractivity contribution >= 4 is 10.2 Å². The van der Waals surface area contributed by atoms with Crippen LogP contribution in [-0.2, 0) is 0 Å². The standard InChI is InChI=1S/C20H24F2Si/c1-13-19(21)10-18(11-20(13)22)17-8-6-16(7-9-17)15-4-2-14(12-23)3-5-15/h6-11,14-15H,2-5,12H2,1,23H3. The predicted octanol–water partition coefficient (Wildman–Crippen LogP) is 5.00. The van der Waals surface area contributed by atoms with E-state index in [1.54, 1.807) is 0 Å². The maximum absolute atomic E-state index is 13.7. The topological polar surface area (TPSA) is 0 Å². The number of rotatable bonds is 3. The summed E-state index contributed by atoms with van der Waals surface area (Å²) < 4.78 is 27.5. The van der Waals surface area contributed by atoms with E-state index in [4.69, 9.17) is 0 Å². The molecule has 0 heterocycles. The van der Waals surface area contributed by atoms with Gasteiger partial charge in [0.15, 0.2) is 0 Å². The summed E-state index contributed by atoms with van der Waals surface area (Å²) in [5, 5.41) is 0. The Morgan fingerprint density at radius 2 is 1.48 bits per heavy atom. The van der Waals surface area contributed by atoms with Gasteiger partial charge in [-0.15, -0.1) is 0 Å². The highest BCUT2D eigenvalue weighted by atomic mass is 28.1. The molecule has 1 aliphatic carbocycles. The molecule has 0 N–H and O–H groups in total. The maximum atomic E-state index is 13.7. The van der Waals surface area contributed by atoms with Gasteiger partial charge in [-0.05, 0) is 60.4 Å². The Bertz CT molecular complexity index is 648. The summed E-state index contributed by atoms with van der Waals surface area (Å²) in [6.45, 7) is 1.46. The zero-order valence-corrected chi connectivity index (χ0v) is 15.9. The molecule has 0 radical (unpaired) electrons. The minimum atomic E-state index is -0.481. The van der Waals surface area contributed by atoms with E-state index in [2.05, 4.69) is 12.1 Å². The molecule has 0 atom stereocenters. The van der Waals surface area contributed by atoms with Gasteiger partial charge >= 0.3 is 0 Å². The lowest BCUT2D eigenvalue weighted by molar-refractivity contribution is 0.348. The van der Waals surface area contributed by atoms with Crippen LogP contribution in [0.5, 0.6) is 0 Å². The minimum Gasteiger partial charge on any atom is -0.207 e. The lowest BCUT2D eigenvalue weighted by atomic mass is 9.79. The summed E-state index contributed by atoms with van der Waals surface area (Å²) in [7, 11) is 1.31. The fourth-order valence-corrected chi connectivity index (χ4v) is 4.48. The maximum Gasteiger partial charge on any atom is 0.129 e. The van der Waals surface area contributed by atoms with E-state index in [0.717, 1.165) is 11.5 Å². The van der Waals surface area contributed by atoms with E-state index < -0.39 is 11.6 Å². The molecule has 3 rings (SSSR count). The van der Waals surface area contributed by atoms with E-state index in [1.165, 1.54) is 66.6 Å². The highest BCUT2D eigenvalue weighted by molar-refractivity contribution is 6.08. The first kappa shape index (κ1) is 16.4. The van der Waals surface area contributed by atoms with Gasteiger partial charge in [-0.25, -0.2) is 8.78 Å². The highest BCUT2D eigenvalue weighted by Crippen LogP contribution is 2.37. The van der Waals surface area contributed by atoms with Crippen molar-refractivity contribution in [3.05, 3.63) is 59.2 Å². The second-order valence-corrected chi connectivity index (χ2v) is 7.63. The van der Waals surface area contributed by atoms with Crippen LogP contribution in [0.1, 0.15) is 42.7 Å². The Kier molecular flexibility index (Phi) is 4.95. The summed E-state index contributed by atoms with van der Waals surface area (Å²) in [4.78, 5) is 0. The molecule has 2 aromatic rings. The van der Waals surface area contributed by atoms with Crippen molar-refractivity contribution in [2.75, 3.05) is 0 Å². The van der Waals surface area contributed by atoms with Crippen molar-refractivity contribution in [1.29, 1.82) is 0 Å². The SMILES string of the molecule is Cc1c(F)cc(-c2ccc(C3CCC(C[SiH3])CC3)cc2)cc1F. The zero-order chi connectivity index (χ0) is 16.4. The third-order valence-corrected chi connectivity index (χ3v) is 6.58. The van der Waals surface area contributed by atoms with Gasteiger partial charge in [-0.2, -0.15) is 0 Å². The molecule has 0 bridgehead atoms. The molecule has 2 aromatic carbocycles. The fourth-order valence-electron chi connectivity index (χ4n) is 3.66. The van der Waals surface area contributed by atoms with Gasteiger partial charge in [-0.3, -0.25) is 0 Å². The summed E-state index contributed by atoms with van der Waals surface area (Å²) in [5.41, 5.74) is 2.94. The smallest absolute Gasteiger partial charge is 0.129 e. The molecule has 0 saturated heterocycles. The Morgan fingerprint density at radius 3 is 2.00 bits per heavy atom. The minimum absolute atomic E-state index is 0.0844. The zero-order valence-electron chi connectivity index (χ0n) is 13.9. The van der Waals surface area contributed by atoms with Crippen LogP contribution in [0.4, 0.5) is 8.78 Å². The Balaban J connectivity index is 1.77. The Morgan fingerprint density at radius 1 is 0.913 bits per heavy atom. The van der Waals surface area contributed by atoms with Crippen molar-refractivity contribution in [3.8, 4) is 11.1 Å². The van der Waals surface area contributed by atoms with Gasteiger partial charge in [0.1, 0.15) is 11.6 Å². The first-order valence-electron chi connectivity index (χ1n) is 8.64.